The molecule has 0 aliphatic rings. The van der Waals surface area contributed by atoms with E-state index >= 15 is 0 Å². The number of rotatable bonds is 3. The standard InChI is InChI=1S/C16H13ClN2OS/c1-10(14-7-4-8-21-14)19-16(20)13-9-18-15(17)12-6-3-2-5-11(12)13/h2-10H,1H3,(H,19,20). The van der Waals surface area contributed by atoms with Gasteiger partial charge in [-0.1, -0.05) is 41.9 Å². The van der Waals surface area contributed by atoms with E-state index in [9.17, 15) is 4.79 Å². The molecule has 0 saturated heterocycles. The topological polar surface area (TPSA) is 42.0 Å². The lowest BCUT2D eigenvalue weighted by molar-refractivity contribution is 0.0942. The molecular weight excluding hydrogens is 304 g/mol. The van der Waals surface area contributed by atoms with E-state index in [-0.39, 0.29) is 11.9 Å². The van der Waals surface area contributed by atoms with Crippen molar-refractivity contribution in [1.82, 2.24) is 10.3 Å². The highest BCUT2D eigenvalue weighted by atomic mass is 35.5. The van der Waals surface area contributed by atoms with Crippen molar-refractivity contribution in [2.45, 2.75) is 13.0 Å². The smallest absolute Gasteiger partial charge is 0.253 e. The van der Waals surface area contributed by atoms with Gasteiger partial charge in [0.1, 0.15) is 5.15 Å². The van der Waals surface area contributed by atoms with Gasteiger partial charge >= 0.3 is 0 Å². The number of amides is 1. The molecule has 1 unspecified atom stereocenters. The summed E-state index contributed by atoms with van der Waals surface area (Å²) in [4.78, 5) is 17.7. The van der Waals surface area contributed by atoms with Crippen LogP contribution in [0.3, 0.4) is 0 Å². The highest BCUT2D eigenvalue weighted by Gasteiger charge is 2.16. The molecule has 21 heavy (non-hydrogen) atoms. The van der Waals surface area contributed by atoms with Crippen molar-refractivity contribution >= 4 is 39.6 Å². The molecule has 106 valence electrons. The fourth-order valence-electron chi connectivity index (χ4n) is 2.22. The first kappa shape index (κ1) is 14.0. The Labute approximate surface area is 131 Å². The highest BCUT2D eigenvalue weighted by Crippen LogP contribution is 2.25. The summed E-state index contributed by atoms with van der Waals surface area (Å²) in [5.74, 6) is -0.142. The molecule has 0 spiro atoms. The average Bonchev–Trinajstić information content (AvgIpc) is 3.02. The molecule has 1 amide bonds. The third-order valence-electron chi connectivity index (χ3n) is 3.31. The van der Waals surface area contributed by atoms with E-state index in [1.165, 1.54) is 6.20 Å². The summed E-state index contributed by atoms with van der Waals surface area (Å²) in [6.45, 7) is 1.97. The fourth-order valence-corrected chi connectivity index (χ4v) is 3.17. The minimum absolute atomic E-state index is 0.0352. The summed E-state index contributed by atoms with van der Waals surface area (Å²) in [7, 11) is 0. The number of pyridine rings is 1. The normalized spacial score (nSPS) is 12.3. The van der Waals surface area contributed by atoms with Gasteiger partial charge in [-0.2, -0.15) is 0 Å². The number of thiophene rings is 1. The van der Waals surface area contributed by atoms with Gasteiger partial charge in [0.2, 0.25) is 0 Å². The van der Waals surface area contributed by atoms with Crippen LogP contribution >= 0.6 is 22.9 Å². The van der Waals surface area contributed by atoms with E-state index in [1.807, 2.05) is 48.7 Å². The number of aromatic nitrogens is 1. The maximum absolute atomic E-state index is 12.5. The van der Waals surface area contributed by atoms with Gasteiger partial charge in [0.05, 0.1) is 11.6 Å². The van der Waals surface area contributed by atoms with Crippen molar-refractivity contribution in [2.24, 2.45) is 0 Å². The Morgan fingerprint density at radius 2 is 2.00 bits per heavy atom. The Kier molecular flexibility index (Phi) is 3.90. The fraction of sp³-hybridized carbons (Fsp3) is 0.125. The molecule has 0 radical (unpaired) electrons. The molecule has 0 bridgehead atoms. The molecule has 3 nitrogen and oxygen atoms in total. The van der Waals surface area contributed by atoms with Crippen molar-refractivity contribution in [3.63, 3.8) is 0 Å². The van der Waals surface area contributed by atoms with Crippen LogP contribution in [0.1, 0.15) is 28.2 Å². The lowest BCUT2D eigenvalue weighted by atomic mass is 10.1. The number of carbonyl (C=O) groups excluding carboxylic acids is 1. The van der Waals surface area contributed by atoms with Crippen LogP contribution in [-0.4, -0.2) is 10.9 Å². The number of hydrogen-bond acceptors (Lipinski definition) is 3. The molecule has 3 rings (SSSR count). The van der Waals surface area contributed by atoms with Crippen LogP contribution in [0.2, 0.25) is 5.15 Å². The van der Waals surface area contributed by atoms with Crippen molar-refractivity contribution in [3.05, 3.63) is 63.6 Å². The molecule has 0 fully saturated rings. The second-order valence-corrected chi connectivity index (χ2v) is 6.06. The van der Waals surface area contributed by atoms with Gasteiger partial charge in [-0.25, -0.2) is 4.98 Å². The van der Waals surface area contributed by atoms with Crippen molar-refractivity contribution in [3.8, 4) is 0 Å². The number of fused-ring (bicyclic) bond motifs is 1. The molecule has 0 saturated carbocycles. The maximum Gasteiger partial charge on any atom is 0.253 e. The molecule has 2 aromatic heterocycles. The minimum atomic E-state index is -0.142. The van der Waals surface area contributed by atoms with Gasteiger partial charge in [-0.15, -0.1) is 11.3 Å². The predicted octanol–water partition coefficient (Wildman–Crippen LogP) is 4.44. The number of nitrogens with one attached hydrogen (secondary N) is 1. The first-order chi connectivity index (χ1) is 10.2. The monoisotopic (exact) mass is 316 g/mol. The summed E-state index contributed by atoms with van der Waals surface area (Å²) in [6, 6.07) is 11.5. The van der Waals surface area contributed by atoms with Gasteiger partial charge < -0.3 is 5.32 Å². The average molecular weight is 317 g/mol. The van der Waals surface area contributed by atoms with Crippen LogP contribution in [0.5, 0.6) is 0 Å². The zero-order valence-corrected chi connectivity index (χ0v) is 12.9. The number of hydrogen-bond donors (Lipinski definition) is 1. The first-order valence-corrected chi connectivity index (χ1v) is 7.80. The molecule has 5 heteroatoms. The van der Waals surface area contributed by atoms with Crippen LogP contribution in [0.15, 0.2) is 48.0 Å². The Bertz CT molecular complexity index is 786. The Morgan fingerprint density at radius 1 is 1.24 bits per heavy atom. The summed E-state index contributed by atoms with van der Waals surface area (Å²) in [6.07, 6.45) is 1.53. The Morgan fingerprint density at radius 3 is 2.71 bits per heavy atom. The van der Waals surface area contributed by atoms with E-state index in [2.05, 4.69) is 10.3 Å². The summed E-state index contributed by atoms with van der Waals surface area (Å²) >= 11 is 7.70. The molecule has 1 atom stereocenters. The van der Waals surface area contributed by atoms with Crippen LogP contribution in [0, 0.1) is 0 Å². The number of carbonyl (C=O) groups is 1. The van der Waals surface area contributed by atoms with E-state index in [0.29, 0.717) is 10.7 Å². The van der Waals surface area contributed by atoms with Gasteiger partial charge in [0.15, 0.2) is 0 Å². The van der Waals surface area contributed by atoms with Crippen molar-refractivity contribution < 1.29 is 4.79 Å². The summed E-state index contributed by atoms with van der Waals surface area (Å²) in [5.41, 5.74) is 0.540. The molecule has 0 aliphatic carbocycles. The molecule has 0 aliphatic heterocycles. The largest absolute Gasteiger partial charge is 0.345 e. The van der Waals surface area contributed by atoms with E-state index in [1.54, 1.807) is 11.3 Å². The van der Waals surface area contributed by atoms with Gasteiger partial charge in [-0.3, -0.25) is 4.79 Å². The summed E-state index contributed by atoms with van der Waals surface area (Å²) in [5, 5.41) is 7.01. The van der Waals surface area contributed by atoms with E-state index in [4.69, 9.17) is 11.6 Å². The first-order valence-electron chi connectivity index (χ1n) is 6.54. The third kappa shape index (κ3) is 2.77. The number of benzene rings is 1. The van der Waals surface area contributed by atoms with E-state index in [0.717, 1.165) is 15.6 Å². The molecular formula is C16H13ClN2OS. The number of nitrogens with zero attached hydrogens (tertiary/aromatic N) is 1. The van der Waals surface area contributed by atoms with Crippen LogP contribution in [-0.2, 0) is 0 Å². The van der Waals surface area contributed by atoms with Crippen LogP contribution in [0.25, 0.3) is 10.8 Å². The predicted molar refractivity (Wildman–Crippen MR) is 87.0 cm³/mol. The molecule has 1 aromatic carbocycles. The molecule has 1 N–H and O–H groups in total. The van der Waals surface area contributed by atoms with Gasteiger partial charge in [-0.05, 0) is 23.8 Å². The van der Waals surface area contributed by atoms with E-state index < -0.39 is 0 Å². The number of halogens is 1. The SMILES string of the molecule is CC(NC(=O)c1cnc(Cl)c2ccccc12)c1cccs1. The highest BCUT2D eigenvalue weighted by molar-refractivity contribution is 7.10. The lowest BCUT2D eigenvalue weighted by Crippen LogP contribution is -2.26. The Balaban J connectivity index is 1.93. The summed E-state index contributed by atoms with van der Waals surface area (Å²) < 4.78 is 0. The Hall–Kier alpha value is -1.91. The van der Waals surface area contributed by atoms with Crippen molar-refractivity contribution in [1.29, 1.82) is 0 Å². The van der Waals surface area contributed by atoms with Crippen LogP contribution in [0.4, 0.5) is 0 Å². The lowest BCUT2D eigenvalue weighted by Gasteiger charge is -2.13. The third-order valence-corrected chi connectivity index (χ3v) is 4.66. The second-order valence-electron chi connectivity index (χ2n) is 4.72. The molecule has 3 aromatic rings. The molecule has 2 heterocycles. The zero-order valence-electron chi connectivity index (χ0n) is 11.3. The quantitative estimate of drug-likeness (QED) is 0.726. The zero-order chi connectivity index (χ0) is 14.8. The van der Waals surface area contributed by atoms with Gasteiger partial charge in [0.25, 0.3) is 5.91 Å². The van der Waals surface area contributed by atoms with Gasteiger partial charge in [0, 0.05) is 16.5 Å². The van der Waals surface area contributed by atoms with Crippen molar-refractivity contribution in [2.75, 3.05) is 0 Å². The maximum atomic E-state index is 12.5. The second kappa shape index (κ2) is 5.84. The minimum Gasteiger partial charge on any atom is -0.345 e. The van der Waals surface area contributed by atoms with Crippen LogP contribution < -0.4 is 5.32 Å².